The van der Waals surface area contributed by atoms with Gasteiger partial charge in [0.25, 0.3) is 0 Å². The predicted octanol–water partition coefficient (Wildman–Crippen LogP) is 1.45. The van der Waals surface area contributed by atoms with Crippen LogP contribution in [0.25, 0.3) is 0 Å². The monoisotopic (exact) mass is 263 g/mol. The van der Waals surface area contributed by atoms with Gasteiger partial charge in [0.2, 0.25) is 0 Å². The summed E-state index contributed by atoms with van der Waals surface area (Å²) in [7, 11) is 1.66. The van der Waals surface area contributed by atoms with E-state index >= 15 is 0 Å². The van der Waals surface area contributed by atoms with Crippen LogP contribution in [0.3, 0.4) is 0 Å². The molecular formula is C13H17N3OS. The molecule has 1 aliphatic rings. The first-order valence-corrected chi connectivity index (χ1v) is 6.39. The third-order valence-electron chi connectivity index (χ3n) is 2.84. The zero-order chi connectivity index (χ0) is 12.8. The SMILES string of the molecule is COCCNC(=S)N/N=C1\CCc2ccccc21. The van der Waals surface area contributed by atoms with Crippen molar-refractivity contribution in [2.24, 2.45) is 5.10 Å². The number of hydrogen-bond acceptors (Lipinski definition) is 3. The lowest BCUT2D eigenvalue weighted by Crippen LogP contribution is -2.34. The molecule has 1 aliphatic carbocycles. The Morgan fingerprint density at radius 2 is 2.22 bits per heavy atom. The maximum absolute atomic E-state index is 5.12. The van der Waals surface area contributed by atoms with Crippen molar-refractivity contribution < 1.29 is 4.74 Å². The van der Waals surface area contributed by atoms with E-state index in [9.17, 15) is 0 Å². The number of hydrogen-bond donors (Lipinski definition) is 2. The number of methoxy groups -OCH3 is 1. The topological polar surface area (TPSA) is 45.6 Å². The number of aryl methyl sites for hydroxylation is 1. The van der Waals surface area contributed by atoms with Gasteiger partial charge in [-0.3, -0.25) is 5.43 Å². The van der Waals surface area contributed by atoms with Gasteiger partial charge in [-0.2, -0.15) is 5.10 Å². The van der Waals surface area contributed by atoms with Crippen molar-refractivity contribution in [3.8, 4) is 0 Å². The van der Waals surface area contributed by atoms with E-state index in [1.807, 2.05) is 6.07 Å². The molecule has 2 N–H and O–H groups in total. The number of fused-ring (bicyclic) bond motifs is 1. The molecule has 0 radical (unpaired) electrons. The summed E-state index contributed by atoms with van der Waals surface area (Å²) >= 11 is 5.12. The van der Waals surface area contributed by atoms with E-state index in [0.717, 1.165) is 18.6 Å². The van der Waals surface area contributed by atoms with Crippen molar-refractivity contribution in [3.05, 3.63) is 35.4 Å². The molecule has 0 saturated carbocycles. The van der Waals surface area contributed by atoms with Gasteiger partial charge in [0.05, 0.1) is 12.3 Å². The molecule has 96 valence electrons. The number of ether oxygens (including phenoxy) is 1. The van der Waals surface area contributed by atoms with Crippen molar-refractivity contribution in [1.29, 1.82) is 0 Å². The summed E-state index contributed by atoms with van der Waals surface area (Å²) in [6.07, 6.45) is 2.02. The molecule has 4 nitrogen and oxygen atoms in total. The predicted molar refractivity (Wildman–Crippen MR) is 76.9 cm³/mol. The largest absolute Gasteiger partial charge is 0.383 e. The number of nitrogens with zero attached hydrogens (tertiary/aromatic N) is 1. The minimum Gasteiger partial charge on any atom is -0.383 e. The maximum Gasteiger partial charge on any atom is 0.187 e. The summed E-state index contributed by atoms with van der Waals surface area (Å²) in [6.45, 7) is 1.31. The first-order valence-electron chi connectivity index (χ1n) is 5.99. The Bertz CT molecular complexity index is 459. The molecule has 0 aliphatic heterocycles. The van der Waals surface area contributed by atoms with E-state index < -0.39 is 0 Å². The zero-order valence-corrected chi connectivity index (χ0v) is 11.2. The van der Waals surface area contributed by atoms with Crippen LogP contribution in [0.4, 0.5) is 0 Å². The fourth-order valence-electron chi connectivity index (χ4n) is 1.95. The lowest BCUT2D eigenvalue weighted by atomic mass is 10.1. The average Bonchev–Trinajstić information content (AvgIpc) is 2.80. The second-order valence-corrected chi connectivity index (χ2v) is 4.48. The van der Waals surface area contributed by atoms with Crippen LogP contribution in [-0.2, 0) is 11.2 Å². The minimum absolute atomic E-state index is 0.531. The molecule has 1 aromatic rings. The molecule has 0 amide bonds. The Kier molecular flexibility index (Phi) is 4.66. The summed E-state index contributed by atoms with van der Waals surface area (Å²) in [6, 6.07) is 8.35. The maximum atomic E-state index is 5.12. The molecule has 0 saturated heterocycles. The van der Waals surface area contributed by atoms with E-state index in [0.29, 0.717) is 18.3 Å². The Morgan fingerprint density at radius 3 is 3.06 bits per heavy atom. The van der Waals surface area contributed by atoms with Crippen molar-refractivity contribution in [3.63, 3.8) is 0 Å². The standard InChI is InChI=1S/C13H17N3OS/c1-17-9-8-14-13(18)16-15-12-7-6-10-4-2-3-5-11(10)12/h2-5H,6-9H2,1H3,(H2,14,16,18)/b15-12+. The second kappa shape index (κ2) is 6.47. The summed E-state index contributed by atoms with van der Waals surface area (Å²) in [4.78, 5) is 0. The van der Waals surface area contributed by atoms with E-state index in [4.69, 9.17) is 17.0 Å². The van der Waals surface area contributed by atoms with E-state index in [1.165, 1.54) is 11.1 Å². The highest BCUT2D eigenvalue weighted by molar-refractivity contribution is 7.80. The molecular weight excluding hydrogens is 246 g/mol. The molecule has 5 heteroatoms. The van der Waals surface area contributed by atoms with Gasteiger partial charge >= 0.3 is 0 Å². The van der Waals surface area contributed by atoms with Gasteiger partial charge in [-0.05, 0) is 30.6 Å². The van der Waals surface area contributed by atoms with Gasteiger partial charge in [-0.15, -0.1) is 0 Å². The Morgan fingerprint density at radius 1 is 1.39 bits per heavy atom. The van der Waals surface area contributed by atoms with Crippen LogP contribution in [0.2, 0.25) is 0 Å². The van der Waals surface area contributed by atoms with E-state index in [2.05, 4.69) is 34.0 Å². The lowest BCUT2D eigenvalue weighted by Gasteiger charge is -2.07. The van der Waals surface area contributed by atoms with Gasteiger partial charge in [-0.1, -0.05) is 24.3 Å². The average molecular weight is 263 g/mol. The number of benzene rings is 1. The van der Waals surface area contributed by atoms with Gasteiger partial charge < -0.3 is 10.1 Å². The molecule has 0 unspecified atom stereocenters. The Hall–Kier alpha value is -1.46. The van der Waals surface area contributed by atoms with Crippen molar-refractivity contribution >= 4 is 23.0 Å². The molecule has 0 spiro atoms. The molecule has 1 aromatic carbocycles. The molecule has 0 heterocycles. The Labute approximate surface area is 112 Å². The fraction of sp³-hybridized carbons (Fsp3) is 0.385. The van der Waals surface area contributed by atoms with E-state index in [-0.39, 0.29) is 0 Å². The molecule has 0 fully saturated rings. The summed E-state index contributed by atoms with van der Waals surface area (Å²) < 4.78 is 4.93. The van der Waals surface area contributed by atoms with Crippen molar-refractivity contribution in [1.82, 2.24) is 10.7 Å². The number of thiocarbonyl (C=S) groups is 1. The fourth-order valence-corrected chi connectivity index (χ4v) is 2.10. The summed E-state index contributed by atoms with van der Waals surface area (Å²) in [5, 5.41) is 7.92. The van der Waals surface area contributed by atoms with Crippen LogP contribution in [-0.4, -0.2) is 31.1 Å². The van der Waals surface area contributed by atoms with Crippen LogP contribution in [0.1, 0.15) is 17.5 Å². The van der Waals surface area contributed by atoms with Gasteiger partial charge in [0, 0.05) is 19.2 Å². The number of hydrazone groups is 1. The highest BCUT2D eigenvalue weighted by Gasteiger charge is 2.16. The first kappa shape index (κ1) is 13.0. The molecule has 0 aromatic heterocycles. The third-order valence-corrected chi connectivity index (χ3v) is 3.08. The van der Waals surface area contributed by atoms with Crippen molar-refractivity contribution in [2.45, 2.75) is 12.8 Å². The highest BCUT2D eigenvalue weighted by atomic mass is 32.1. The van der Waals surface area contributed by atoms with Gasteiger partial charge in [0.15, 0.2) is 5.11 Å². The van der Waals surface area contributed by atoms with Gasteiger partial charge in [0.1, 0.15) is 0 Å². The summed E-state index contributed by atoms with van der Waals surface area (Å²) in [5.41, 5.74) is 6.53. The van der Waals surface area contributed by atoms with Gasteiger partial charge in [-0.25, -0.2) is 0 Å². The minimum atomic E-state index is 0.531. The summed E-state index contributed by atoms with van der Waals surface area (Å²) in [5.74, 6) is 0. The molecule has 2 rings (SSSR count). The molecule has 0 atom stereocenters. The van der Waals surface area contributed by atoms with Crippen LogP contribution >= 0.6 is 12.2 Å². The second-order valence-electron chi connectivity index (χ2n) is 4.08. The van der Waals surface area contributed by atoms with Crippen LogP contribution < -0.4 is 10.7 Å². The Balaban J connectivity index is 1.89. The van der Waals surface area contributed by atoms with E-state index in [1.54, 1.807) is 7.11 Å². The quantitative estimate of drug-likeness (QED) is 0.490. The number of rotatable bonds is 4. The third kappa shape index (κ3) is 3.27. The molecule has 18 heavy (non-hydrogen) atoms. The first-order chi connectivity index (χ1) is 8.81. The normalized spacial score (nSPS) is 15.5. The van der Waals surface area contributed by atoms with Crippen LogP contribution in [0.5, 0.6) is 0 Å². The number of nitrogens with one attached hydrogen (secondary N) is 2. The smallest absolute Gasteiger partial charge is 0.187 e. The van der Waals surface area contributed by atoms with Crippen LogP contribution in [0, 0.1) is 0 Å². The van der Waals surface area contributed by atoms with Crippen LogP contribution in [0.15, 0.2) is 29.4 Å². The molecule has 0 bridgehead atoms. The van der Waals surface area contributed by atoms with Crippen molar-refractivity contribution in [2.75, 3.05) is 20.3 Å². The zero-order valence-electron chi connectivity index (χ0n) is 10.4. The lowest BCUT2D eigenvalue weighted by molar-refractivity contribution is 0.204. The highest BCUT2D eigenvalue weighted by Crippen LogP contribution is 2.21.